The van der Waals surface area contributed by atoms with E-state index >= 15 is 0 Å². The molecule has 0 bridgehead atoms. The van der Waals surface area contributed by atoms with Crippen molar-refractivity contribution in [3.05, 3.63) is 71.8 Å². The van der Waals surface area contributed by atoms with E-state index in [2.05, 4.69) is 35.2 Å². The van der Waals surface area contributed by atoms with Gasteiger partial charge in [-0.1, -0.05) is 30.3 Å². The third-order valence-electron chi connectivity index (χ3n) is 4.12. The van der Waals surface area contributed by atoms with Crippen LogP contribution in [0, 0.1) is 6.07 Å². The minimum Gasteiger partial charge on any atom is -0.340 e. The summed E-state index contributed by atoms with van der Waals surface area (Å²) in [6.07, 6.45) is 0.493. The normalized spacial score (nSPS) is 15.0. The molecule has 0 N–H and O–H groups in total. The predicted molar refractivity (Wildman–Crippen MR) is 87.3 cm³/mol. The molecule has 0 aromatic heterocycles. The minimum absolute atomic E-state index is 0. The number of carbonyl (C=O) groups is 1. The second-order valence-electron chi connectivity index (χ2n) is 5.73. The summed E-state index contributed by atoms with van der Waals surface area (Å²) in [4.78, 5) is 16.7. The third-order valence-corrected chi connectivity index (χ3v) is 4.12. The molecule has 1 amide bonds. The Hall–Kier alpha value is -0.494. The smallest absolute Gasteiger partial charge is 0.340 e. The van der Waals surface area contributed by atoms with Crippen LogP contribution in [0.5, 0.6) is 0 Å². The summed E-state index contributed by atoms with van der Waals surface area (Å²) < 4.78 is 0. The molecule has 3 rings (SSSR count). The van der Waals surface area contributed by atoms with E-state index in [9.17, 15) is 4.79 Å². The van der Waals surface area contributed by atoms with Gasteiger partial charge in [-0.05, 0) is 5.56 Å². The van der Waals surface area contributed by atoms with Gasteiger partial charge in [-0.15, -0.1) is 5.56 Å². The van der Waals surface area contributed by atoms with Crippen LogP contribution in [0.2, 0.25) is 0 Å². The number of carbonyl (C=O) groups excluding carboxylic acids is 1. The molecule has 3 nitrogen and oxygen atoms in total. The maximum Gasteiger partial charge on any atom is 1.00 e. The number of nitrogens with zero attached hydrogens (tertiary/aromatic N) is 2. The van der Waals surface area contributed by atoms with Crippen molar-refractivity contribution >= 4 is 5.91 Å². The number of hydrogen-bond acceptors (Lipinski definition) is 2. The zero-order valence-electron chi connectivity index (χ0n) is 13.7. The van der Waals surface area contributed by atoms with Gasteiger partial charge in [0.1, 0.15) is 0 Å². The van der Waals surface area contributed by atoms with E-state index in [1.165, 1.54) is 5.56 Å². The first-order valence-electron chi connectivity index (χ1n) is 7.80. The Labute approximate surface area is 181 Å². The van der Waals surface area contributed by atoms with Crippen LogP contribution in [0.25, 0.3) is 0 Å². The number of hydrogen-bond donors (Lipinski definition) is 0. The van der Waals surface area contributed by atoms with Gasteiger partial charge in [0.2, 0.25) is 5.91 Å². The van der Waals surface area contributed by atoms with Gasteiger partial charge in [-0.2, -0.15) is 30.3 Å². The van der Waals surface area contributed by atoms with Gasteiger partial charge in [0.15, 0.2) is 0 Å². The molecule has 1 aliphatic heterocycles. The third kappa shape index (κ3) is 5.82. The summed E-state index contributed by atoms with van der Waals surface area (Å²) in [5.74, 6) is 0.227. The fraction of sp³-hybridized carbons (Fsp3) is 0.316. The number of benzene rings is 2. The molecule has 4 heteroatoms. The Morgan fingerprint density at radius 3 is 2.22 bits per heavy atom. The second kappa shape index (κ2) is 9.72. The van der Waals surface area contributed by atoms with Gasteiger partial charge in [0.05, 0.1) is 0 Å². The van der Waals surface area contributed by atoms with E-state index in [0.29, 0.717) is 6.42 Å². The molecule has 0 radical (unpaired) electrons. The zero-order chi connectivity index (χ0) is 15.2. The van der Waals surface area contributed by atoms with Crippen LogP contribution < -0.4 is 51.4 Å². The molecule has 0 spiro atoms. The molecule has 2 aromatic rings. The number of piperazine rings is 1. The largest absolute Gasteiger partial charge is 1.00 e. The van der Waals surface area contributed by atoms with E-state index in [4.69, 9.17) is 0 Å². The molecule has 0 saturated carbocycles. The van der Waals surface area contributed by atoms with Gasteiger partial charge >= 0.3 is 51.4 Å². The molecule has 1 aliphatic rings. The quantitative estimate of drug-likeness (QED) is 0.550. The van der Waals surface area contributed by atoms with Gasteiger partial charge in [-0.25, -0.2) is 0 Å². The minimum atomic E-state index is 0. The van der Waals surface area contributed by atoms with Crippen molar-refractivity contribution in [2.24, 2.45) is 0 Å². The average Bonchev–Trinajstić information content (AvgIpc) is 2.57. The first kappa shape index (κ1) is 18.8. The molecule has 1 fully saturated rings. The molecule has 0 atom stereocenters. The summed E-state index contributed by atoms with van der Waals surface area (Å²) in [5, 5.41) is 0. The standard InChI is InChI=1S/C19H21N2O.K/c22-19(15-17-7-3-1-4-8-17)21-13-11-20(12-14-21)16-18-9-5-2-6-10-18;/h2-10H,11-16H2;/q-1;+1. The fourth-order valence-electron chi connectivity index (χ4n) is 2.82. The van der Waals surface area contributed by atoms with Gasteiger partial charge in [-0.3, -0.25) is 9.69 Å². The monoisotopic (exact) mass is 332 g/mol. The molecule has 1 heterocycles. The Balaban J connectivity index is 0.00000192. The maximum atomic E-state index is 12.3. The molecular weight excluding hydrogens is 311 g/mol. The van der Waals surface area contributed by atoms with Crippen molar-refractivity contribution in [1.82, 2.24) is 9.80 Å². The Kier molecular flexibility index (Phi) is 7.96. The molecule has 23 heavy (non-hydrogen) atoms. The molecule has 114 valence electrons. The van der Waals surface area contributed by atoms with Crippen molar-refractivity contribution in [2.45, 2.75) is 13.0 Å². The summed E-state index contributed by atoms with van der Waals surface area (Å²) in [7, 11) is 0. The van der Waals surface area contributed by atoms with Crippen LogP contribution >= 0.6 is 0 Å². The van der Waals surface area contributed by atoms with Crippen LogP contribution in [0.4, 0.5) is 0 Å². The number of amides is 1. The van der Waals surface area contributed by atoms with Crippen LogP contribution in [-0.4, -0.2) is 41.9 Å². The summed E-state index contributed by atoms with van der Waals surface area (Å²) in [6, 6.07) is 21.1. The number of rotatable bonds is 4. The van der Waals surface area contributed by atoms with Gasteiger partial charge in [0.25, 0.3) is 0 Å². The summed E-state index contributed by atoms with van der Waals surface area (Å²) in [5.41, 5.74) is 2.40. The van der Waals surface area contributed by atoms with Crippen molar-refractivity contribution in [2.75, 3.05) is 26.2 Å². The van der Waals surface area contributed by atoms with E-state index in [-0.39, 0.29) is 57.3 Å². The van der Waals surface area contributed by atoms with Crippen LogP contribution in [0.1, 0.15) is 11.1 Å². The second-order valence-corrected chi connectivity index (χ2v) is 5.73. The Morgan fingerprint density at radius 1 is 0.913 bits per heavy atom. The van der Waals surface area contributed by atoms with E-state index in [1.807, 2.05) is 35.2 Å². The molecule has 0 unspecified atom stereocenters. The molecule has 2 aromatic carbocycles. The van der Waals surface area contributed by atoms with Crippen LogP contribution in [-0.2, 0) is 17.8 Å². The summed E-state index contributed by atoms with van der Waals surface area (Å²) in [6.45, 7) is 4.51. The molecule has 1 saturated heterocycles. The van der Waals surface area contributed by atoms with E-state index in [0.717, 1.165) is 38.3 Å². The van der Waals surface area contributed by atoms with Crippen molar-refractivity contribution in [3.8, 4) is 0 Å². The van der Waals surface area contributed by atoms with Crippen molar-refractivity contribution in [1.29, 1.82) is 0 Å². The SMILES string of the molecule is O=C(Cc1cc[c-]cc1)N1CCN(Cc2ccccc2)CC1.[K+]. The fourth-order valence-corrected chi connectivity index (χ4v) is 2.82. The first-order chi connectivity index (χ1) is 10.8. The first-order valence-corrected chi connectivity index (χ1v) is 7.80. The van der Waals surface area contributed by atoms with E-state index < -0.39 is 0 Å². The Bertz CT molecular complexity index is 595. The van der Waals surface area contributed by atoms with Crippen LogP contribution in [0.15, 0.2) is 54.6 Å². The maximum absolute atomic E-state index is 12.3. The van der Waals surface area contributed by atoms with E-state index in [1.54, 1.807) is 0 Å². The topological polar surface area (TPSA) is 23.6 Å². The van der Waals surface area contributed by atoms with Gasteiger partial charge in [0, 0.05) is 39.1 Å². The van der Waals surface area contributed by atoms with Crippen molar-refractivity contribution < 1.29 is 56.2 Å². The average molecular weight is 332 g/mol. The Morgan fingerprint density at radius 2 is 1.57 bits per heavy atom. The molecule has 0 aliphatic carbocycles. The van der Waals surface area contributed by atoms with Crippen LogP contribution in [0.3, 0.4) is 0 Å². The predicted octanol–water partition coefficient (Wildman–Crippen LogP) is -0.622. The van der Waals surface area contributed by atoms with Gasteiger partial charge < -0.3 is 4.90 Å². The summed E-state index contributed by atoms with van der Waals surface area (Å²) >= 11 is 0. The zero-order valence-corrected chi connectivity index (χ0v) is 16.9. The molecular formula is C19H21KN2O. The van der Waals surface area contributed by atoms with Crippen molar-refractivity contribution in [3.63, 3.8) is 0 Å².